The molecule has 0 fully saturated rings. The number of fused-ring (bicyclic) bond motifs is 1. The topological polar surface area (TPSA) is 76.1 Å². The van der Waals surface area contributed by atoms with Crippen LogP contribution in [0.25, 0.3) is 10.9 Å². The molecule has 0 aliphatic heterocycles. The number of methoxy groups -OCH3 is 1. The van der Waals surface area contributed by atoms with E-state index >= 15 is 0 Å². The molecule has 0 saturated carbocycles. The van der Waals surface area contributed by atoms with Crippen molar-refractivity contribution in [1.29, 1.82) is 0 Å². The first-order valence-corrected chi connectivity index (χ1v) is 8.96. The highest BCUT2D eigenvalue weighted by molar-refractivity contribution is 7.71. The number of aryl methyl sites for hydroxylation is 1. The van der Waals surface area contributed by atoms with Gasteiger partial charge in [0.2, 0.25) is 0 Å². The molecule has 2 N–H and O–H groups in total. The van der Waals surface area contributed by atoms with Crippen LogP contribution in [0.3, 0.4) is 0 Å². The summed E-state index contributed by atoms with van der Waals surface area (Å²) in [6.07, 6.45) is 0.660. The maximum atomic E-state index is 12.5. The maximum Gasteiger partial charge on any atom is 0.261 e. The van der Waals surface area contributed by atoms with Crippen molar-refractivity contribution in [3.63, 3.8) is 0 Å². The molecule has 1 aromatic heterocycles. The van der Waals surface area contributed by atoms with Gasteiger partial charge in [0.15, 0.2) is 4.77 Å². The molecule has 0 unspecified atom stereocenters. The highest BCUT2D eigenvalue weighted by atomic mass is 32.1. The highest BCUT2D eigenvalue weighted by Gasteiger charge is 2.10. The van der Waals surface area contributed by atoms with Crippen LogP contribution in [0.1, 0.15) is 21.5 Å². The summed E-state index contributed by atoms with van der Waals surface area (Å²) in [6, 6.07) is 10.9. The van der Waals surface area contributed by atoms with Crippen molar-refractivity contribution < 1.29 is 9.53 Å². The lowest BCUT2D eigenvalue weighted by Gasteiger charge is -2.11. The Labute approximate surface area is 161 Å². The van der Waals surface area contributed by atoms with Crippen LogP contribution in [0.5, 0.6) is 5.75 Å². The second-order valence-electron chi connectivity index (χ2n) is 6.38. The third kappa shape index (κ3) is 3.93. The van der Waals surface area contributed by atoms with E-state index in [0.29, 0.717) is 34.2 Å². The average Bonchev–Trinajstić information content (AvgIpc) is 2.66. The number of hydrogen-bond donors (Lipinski definition) is 2. The van der Waals surface area contributed by atoms with Gasteiger partial charge in [0.25, 0.3) is 11.5 Å². The van der Waals surface area contributed by atoms with E-state index in [9.17, 15) is 9.59 Å². The number of amides is 1. The Bertz CT molecular complexity index is 1130. The van der Waals surface area contributed by atoms with Gasteiger partial charge in [-0.2, -0.15) is 0 Å². The number of nitrogens with one attached hydrogen (secondary N) is 2. The summed E-state index contributed by atoms with van der Waals surface area (Å²) in [5, 5.41) is 3.40. The average molecular weight is 383 g/mol. The van der Waals surface area contributed by atoms with Crippen molar-refractivity contribution in [3.8, 4) is 5.75 Å². The third-order valence-electron chi connectivity index (χ3n) is 4.48. The maximum absolute atomic E-state index is 12.5. The van der Waals surface area contributed by atoms with Gasteiger partial charge in [0.1, 0.15) is 5.75 Å². The number of carbonyl (C=O) groups is 1. The van der Waals surface area contributed by atoms with Gasteiger partial charge in [0, 0.05) is 19.2 Å². The normalized spacial score (nSPS) is 10.8. The number of H-pyrrole nitrogens is 1. The van der Waals surface area contributed by atoms with Crippen LogP contribution in [0.2, 0.25) is 0 Å². The van der Waals surface area contributed by atoms with Crippen LogP contribution < -0.4 is 15.6 Å². The van der Waals surface area contributed by atoms with Crippen LogP contribution in [0.4, 0.5) is 0 Å². The van der Waals surface area contributed by atoms with Crippen LogP contribution in [-0.4, -0.2) is 29.1 Å². The zero-order chi connectivity index (χ0) is 19.6. The first-order chi connectivity index (χ1) is 12.9. The minimum atomic E-state index is -0.205. The third-order valence-corrected chi connectivity index (χ3v) is 4.85. The van der Waals surface area contributed by atoms with Crippen LogP contribution in [0, 0.1) is 11.7 Å². The van der Waals surface area contributed by atoms with Gasteiger partial charge in [-0.1, -0.05) is 17.7 Å². The molecule has 27 heavy (non-hydrogen) atoms. The molecule has 6 nitrogen and oxygen atoms in total. The van der Waals surface area contributed by atoms with E-state index in [1.807, 2.05) is 19.1 Å². The first-order valence-electron chi connectivity index (χ1n) is 8.55. The van der Waals surface area contributed by atoms with Gasteiger partial charge < -0.3 is 15.0 Å². The molecule has 7 heteroatoms. The first kappa shape index (κ1) is 18.8. The van der Waals surface area contributed by atoms with Crippen molar-refractivity contribution in [2.75, 3.05) is 13.7 Å². The van der Waals surface area contributed by atoms with Gasteiger partial charge in [-0.3, -0.25) is 14.2 Å². The summed E-state index contributed by atoms with van der Waals surface area (Å²) in [6.45, 7) is 2.49. The number of nitrogens with zero attached hydrogens (tertiary/aromatic N) is 1. The second kappa shape index (κ2) is 7.75. The minimum absolute atomic E-state index is 0.188. The Balaban J connectivity index is 1.75. The molecule has 140 valence electrons. The Morgan fingerprint density at radius 2 is 2.04 bits per heavy atom. The molecule has 0 radical (unpaired) electrons. The molecule has 1 heterocycles. The molecule has 0 aliphatic rings. The number of aromatic nitrogens is 2. The highest BCUT2D eigenvalue weighted by Crippen LogP contribution is 2.19. The quantitative estimate of drug-likeness (QED) is 0.664. The SMILES string of the molecule is COc1ccc(C)cc1CCNC(=O)c1ccc2c(=O)n(C)c(=S)[nH]c2c1. The zero-order valence-corrected chi connectivity index (χ0v) is 16.3. The van der Waals surface area contributed by atoms with Crippen molar-refractivity contribution in [1.82, 2.24) is 14.9 Å². The molecular weight excluding hydrogens is 362 g/mol. The summed E-state index contributed by atoms with van der Waals surface area (Å²) in [7, 11) is 3.25. The van der Waals surface area contributed by atoms with E-state index < -0.39 is 0 Å². The van der Waals surface area contributed by atoms with E-state index in [-0.39, 0.29) is 11.5 Å². The predicted octanol–water partition coefficient (Wildman–Crippen LogP) is 2.89. The van der Waals surface area contributed by atoms with E-state index in [1.54, 1.807) is 32.4 Å². The van der Waals surface area contributed by atoms with Gasteiger partial charge in [0.05, 0.1) is 18.0 Å². The van der Waals surface area contributed by atoms with Gasteiger partial charge in [-0.25, -0.2) is 0 Å². The van der Waals surface area contributed by atoms with Crippen molar-refractivity contribution in [2.45, 2.75) is 13.3 Å². The van der Waals surface area contributed by atoms with Crippen molar-refractivity contribution >= 4 is 29.0 Å². The molecule has 2 aromatic carbocycles. The number of ether oxygens (including phenoxy) is 1. The summed E-state index contributed by atoms with van der Waals surface area (Å²) in [5.41, 5.74) is 3.02. The number of rotatable bonds is 5. The van der Waals surface area contributed by atoms with Gasteiger partial charge in [-0.05, 0) is 55.4 Å². The molecule has 0 bridgehead atoms. The van der Waals surface area contributed by atoms with E-state index in [1.165, 1.54) is 4.57 Å². The second-order valence-corrected chi connectivity index (χ2v) is 6.76. The minimum Gasteiger partial charge on any atom is -0.496 e. The predicted molar refractivity (Wildman–Crippen MR) is 108 cm³/mol. The number of carbonyl (C=O) groups excluding carboxylic acids is 1. The summed E-state index contributed by atoms with van der Waals surface area (Å²) in [4.78, 5) is 27.7. The lowest BCUT2D eigenvalue weighted by Crippen LogP contribution is -2.26. The van der Waals surface area contributed by atoms with Gasteiger partial charge in [-0.15, -0.1) is 0 Å². The van der Waals surface area contributed by atoms with Gasteiger partial charge >= 0.3 is 0 Å². The largest absolute Gasteiger partial charge is 0.496 e. The Kier molecular flexibility index (Phi) is 5.41. The summed E-state index contributed by atoms with van der Waals surface area (Å²) in [5.74, 6) is 0.604. The summed E-state index contributed by atoms with van der Waals surface area (Å²) < 4.78 is 7.05. The summed E-state index contributed by atoms with van der Waals surface area (Å²) >= 11 is 5.13. The molecule has 0 spiro atoms. The zero-order valence-electron chi connectivity index (χ0n) is 15.5. The number of hydrogen-bond acceptors (Lipinski definition) is 4. The van der Waals surface area contributed by atoms with Crippen LogP contribution in [0.15, 0.2) is 41.2 Å². The van der Waals surface area contributed by atoms with E-state index in [2.05, 4.69) is 16.4 Å². The fourth-order valence-corrected chi connectivity index (χ4v) is 3.16. The number of aromatic amines is 1. The fraction of sp³-hybridized carbons (Fsp3) is 0.250. The standard InChI is InChI=1S/C20H21N3O3S/c1-12-4-7-17(26-3)13(10-12)8-9-21-18(24)14-5-6-15-16(11-14)22-20(27)23(2)19(15)25/h4-7,10-11H,8-9H2,1-3H3,(H,21,24)(H,22,27). The Morgan fingerprint density at radius 3 is 2.78 bits per heavy atom. The van der Waals surface area contributed by atoms with Crippen molar-refractivity contribution in [2.24, 2.45) is 7.05 Å². The van der Waals surface area contributed by atoms with Crippen LogP contribution >= 0.6 is 12.2 Å². The van der Waals surface area contributed by atoms with E-state index in [0.717, 1.165) is 16.9 Å². The van der Waals surface area contributed by atoms with Crippen LogP contribution in [-0.2, 0) is 13.5 Å². The molecular formula is C20H21N3O3S. The van der Waals surface area contributed by atoms with E-state index in [4.69, 9.17) is 17.0 Å². The smallest absolute Gasteiger partial charge is 0.261 e. The molecule has 0 aliphatic carbocycles. The number of benzene rings is 2. The molecule has 1 amide bonds. The Hall–Kier alpha value is -2.93. The van der Waals surface area contributed by atoms with Crippen molar-refractivity contribution in [3.05, 3.63) is 68.2 Å². The monoisotopic (exact) mass is 383 g/mol. The molecule has 0 atom stereocenters. The molecule has 3 rings (SSSR count). The lowest BCUT2D eigenvalue weighted by molar-refractivity contribution is 0.0954. The Morgan fingerprint density at radius 1 is 1.26 bits per heavy atom. The molecule has 0 saturated heterocycles. The lowest BCUT2D eigenvalue weighted by atomic mass is 10.1. The fourth-order valence-electron chi connectivity index (χ4n) is 2.96. The molecule has 3 aromatic rings.